The molecule has 2 amide bonds. The molecule has 0 bridgehead atoms. The van der Waals surface area contributed by atoms with Crippen LogP contribution in [0.4, 0.5) is 5.69 Å². The van der Waals surface area contributed by atoms with Crippen molar-refractivity contribution in [3.05, 3.63) is 76.1 Å². The van der Waals surface area contributed by atoms with Crippen LogP contribution in [0, 0.1) is 0 Å². The molecule has 6 heteroatoms. The predicted octanol–water partition coefficient (Wildman–Crippen LogP) is 2.75. The third-order valence-electron chi connectivity index (χ3n) is 3.67. The Bertz CT molecular complexity index is 1020. The summed E-state index contributed by atoms with van der Waals surface area (Å²) in [7, 11) is 3.26. The quantitative estimate of drug-likeness (QED) is 0.797. The molecule has 25 heavy (non-hydrogen) atoms. The molecule has 0 spiro atoms. The second-order valence-corrected chi connectivity index (χ2v) is 5.67. The molecule has 1 N–H and O–H groups in total. The molecule has 0 unspecified atom stereocenters. The zero-order chi connectivity index (χ0) is 18.0. The molecule has 2 aromatic carbocycles. The van der Waals surface area contributed by atoms with Gasteiger partial charge in [-0.3, -0.25) is 14.4 Å². The minimum absolute atomic E-state index is 0.115. The number of carbonyl (C=O) groups is 2. The van der Waals surface area contributed by atoms with E-state index < -0.39 is 5.91 Å². The topological polar surface area (TPSA) is 79.6 Å². The second kappa shape index (κ2) is 6.60. The molecule has 0 aliphatic heterocycles. The highest BCUT2D eigenvalue weighted by Crippen LogP contribution is 2.18. The Morgan fingerprint density at radius 3 is 2.44 bits per heavy atom. The Morgan fingerprint density at radius 1 is 1.00 bits per heavy atom. The highest BCUT2D eigenvalue weighted by molar-refractivity contribution is 6.08. The minimum Gasteiger partial charge on any atom is -0.451 e. The zero-order valence-corrected chi connectivity index (χ0v) is 13.8. The van der Waals surface area contributed by atoms with Crippen molar-refractivity contribution < 1.29 is 14.0 Å². The summed E-state index contributed by atoms with van der Waals surface area (Å²) in [5.41, 5.74) is 0.730. The number of benzene rings is 2. The highest BCUT2D eigenvalue weighted by atomic mass is 16.3. The summed E-state index contributed by atoms with van der Waals surface area (Å²) in [6.07, 6.45) is 0. The van der Waals surface area contributed by atoms with E-state index in [2.05, 4.69) is 5.32 Å². The summed E-state index contributed by atoms with van der Waals surface area (Å²) in [5, 5.41) is 3.04. The number of carbonyl (C=O) groups excluding carboxylic acids is 2. The van der Waals surface area contributed by atoms with Crippen LogP contribution in [0.1, 0.15) is 20.9 Å². The summed E-state index contributed by atoms with van der Waals surface area (Å²) in [4.78, 5) is 38.2. The van der Waals surface area contributed by atoms with Crippen LogP contribution in [0.5, 0.6) is 0 Å². The van der Waals surface area contributed by atoms with E-state index in [0.717, 1.165) is 6.07 Å². The molecule has 126 valence electrons. The standard InChI is InChI=1S/C19H16N2O4/c1-21(2)19(24)12-7-3-5-9-14(12)20-18(23)17-11-15(22)13-8-4-6-10-16(13)25-17/h3-11H,1-2H3,(H,20,23). The average molecular weight is 336 g/mol. The molecule has 0 saturated heterocycles. The number of para-hydroxylation sites is 2. The first-order valence-electron chi connectivity index (χ1n) is 7.62. The smallest absolute Gasteiger partial charge is 0.291 e. The number of anilines is 1. The Hall–Kier alpha value is -3.41. The van der Waals surface area contributed by atoms with E-state index in [9.17, 15) is 14.4 Å². The van der Waals surface area contributed by atoms with Crippen molar-refractivity contribution in [1.82, 2.24) is 4.90 Å². The van der Waals surface area contributed by atoms with Crippen molar-refractivity contribution in [1.29, 1.82) is 0 Å². The summed E-state index contributed by atoms with van der Waals surface area (Å²) in [5.74, 6) is -0.950. The maximum Gasteiger partial charge on any atom is 0.291 e. The highest BCUT2D eigenvalue weighted by Gasteiger charge is 2.17. The Labute approximate surface area is 143 Å². The Morgan fingerprint density at radius 2 is 1.68 bits per heavy atom. The van der Waals surface area contributed by atoms with Gasteiger partial charge in [-0.1, -0.05) is 24.3 Å². The normalized spacial score (nSPS) is 10.5. The van der Waals surface area contributed by atoms with E-state index in [1.807, 2.05) is 0 Å². The number of fused-ring (bicyclic) bond motifs is 1. The van der Waals surface area contributed by atoms with Gasteiger partial charge in [0, 0.05) is 20.2 Å². The molecule has 0 saturated carbocycles. The van der Waals surface area contributed by atoms with E-state index in [4.69, 9.17) is 4.42 Å². The molecule has 1 aromatic heterocycles. The van der Waals surface area contributed by atoms with Gasteiger partial charge in [-0.25, -0.2) is 0 Å². The van der Waals surface area contributed by atoms with Crippen LogP contribution < -0.4 is 10.7 Å². The van der Waals surface area contributed by atoms with Gasteiger partial charge in [-0.15, -0.1) is 0 Å². The summed E-state index contributed by atoms with van der Waals surface area (Å²) < 4.78 is 5.52. The lowest BCUT2D eigenvalue weighted by molar-refractivity contribution is 0.0828. The number of amides is 2. The number of nitrogens with zero attached hydrogens (tertiary/aromatic N) is 1. The third-order valence-corrected chi connectivity index (χ3v) is 3.67. The van der Waals surface area contributed by atoms with Crippen LogP contribution in [0.2, 0.25) is 0 Å². The molecule has 6 nitrogen and oxygen atoms in total. The molecule has 0 aliphatic carbocycles. The van der Waals surface area contributed by atoms with Gasteiger partial charge < -0.3 is 14.6 Å². The van der Waals surface area contributed by atoms with Crippen LogP contribution in [-0.2, 0) is 0 Å². The average Bonchev–Trinajstić information content (AvgIpc) is 2.61. The lowest BCUT2D eigenvalue weighted by Gasteiger charge is -2.14. The molecule has 3 rings (SSSR count). The first kappa shape index (κ1) is 16.4. The number of hydrogen-bond acceptors (Lipinski definition) is 4. The molecular formula is C19H16N2O4. The van der Waals surface area contributed by atoms with Gasteiger partial charge in [-0.05, 0) is 24.3 Å². The predicted molar refractivity (Wildman–Crippen MR) is 94.9 cm³/mol. The third kappa shape index (κ3) is 3.28. The number of nitrogens with one attached hydrogen (secondary N) is 1. The number of rotatable bonds is 3. The lowest BCUT2D eigenvalue weighted by atomic mass is 10.1. The summed E-state index contributed by atoms with van der Waals surface area (Å²) in [6.45, 7) is 0. The van der Waals surface area contributed by atoms with Gasteiger partial charge in [-0.2, -0.15) is 0 Å². The van der Waals surface area contributed by atoms with Gasteiger partial charge in [0.1, 0.15) is 5.58 Å². The molecule has 0 fully saturated rings. The molecule has 0 radical (unpaired) electrons. The van der Waals surface area contributed by atoms with E-state index >= 15 is 0 Å². The maximum absolute atomic E-state index is 12.5. The van der Waals surface area contributed by atoms with Gasteiger partial charge in [0.2, 0.25) is 0 Å². The first-order chi connectivity index (χ1) is 12.0. The van der Waals surface area contributed by atoms with E-state index in [-0.39, 0.29) is 17.1 Å². The fourth-order valence-electron chi connectivity index (χ4n) is 2.42. The maximum atomic E-state index is 12.5. The van der Waals surface area contributed by atoms with Gasteiger partial charge in [0.05, 0.1) is 16.6 Å². The Kier molecular flexibility index (Phi) is 4.35. The van der Waals surface area contributed by atoms with Crippen molar-refractivity contribution in [2.75, 3.05) is 19.4 Å². The number of hydrogen-bond donors (Lipinski definition) is 1. The van der Waals surface area contributed by atoms with Crippen LogP contribution in [0.25, 0.3) is 11.0 Å². The molecule has 0 aliphatic rings. The van der Waals surface area contributed by atoms with Gasteiger partial charge in [0.25, 0.3) is 11.8 Å². The van der Waals surface area contributed by atoms with Crippen molar-refractivity contribution in [2.24, 2.45) is 0 Å². The van der Waals surface area contributed by atoms with E-state index in [1.165, 1.54) is 4.90 Å². The van der Waals surface area contributed by atoms with Crippen molar-refractivity contribution in [2.45, 2.75) is 0 Å². The largest absolute Gasteiger partial charge is 0.451 e. The minimum atomic E-state index is -0.596. The van der Waals surface area contributed by atoms with Crippen molar-refractivity contribution >= 4 is 28.5 Å². The van der Waals surface area contributed by atoms with Gasteiger partial charge in [0.15, 0.2) is 11.2 Å². The van der Waals surface area contributed by atoms with Gasteiger partial charge >= 0.3 is 0 Å². The van der Waals surface area contributed by atoms with Crippen LogP contribution in [-0.4, -0.2) is 30.8 Å². The summed E-state index contributed by atoms with van der Waals surface area (Å²) in [6, 6.07) is 14.5. The fraction of sp³-hybridized carbons (Fsp3) is 0.105. The van der Waals surface area contributed by atoms with E-state index in [1.54, 1.807) is 62.6 Å². The zero-order valence-electron chi connectivity index (χ0n) is 13.8. The molecule has 0 atom stereocenters. The van der Waals surface area contributed by atoms with Crippen molar-refractivity contribution in [3.8, 4) is 0 Å². The second-order valence-electron chi connectivity index (χ2n) is 5.67. The lowest BCUT2D eigenvalue weighted by Crippen LogP contribution is -2.24. The van der Waals surface area contributed by atoms with Crippen molar-refractivity contribution in [3.63, 3.8) is 0 Å². The Balaban J connectivity index is 1.96. The molecule has 1 heterocycles. The monoisotopic (exact) mass is 336 g/mol. The van der Waals surface area contributed by atoms with E-state index in [0.29, 0.717) is 22.2 Å². The summed E-state index contributed by atoms with van der Waals surface area (Å²) >= 11 is 0. The van der Waals surface area contributed by atoms with Crippen LogP contribution >= 0.6 is 0 Å². The fourth-order valence-corrected chi connectivity index (χ4v) is 2.42. The van der Waals surface area contributed by atoms with Crippen LogP contribution in [0.3, 0.4) is 0 Å². The first-order valence-corrected chi connectivity index (χ1v) is 7.62. The SMILES string of the molecule is CN(C)C(=O)c1ccccc1NC(=O)c1cc(=O)c2ccccc2o1. The van der Waals surface area contributed by atoms with Crippen LogP contribution in [0.15, 0.2) is 63.8 Å². The molecular weight excluding hydrogens is 320 g/mol. The molecule has 3 aromatic rings.